The number of benzene rings is 3. The topological polar surface area (TPSA) is 66.5 Å². The van der Waals surface area contributed by atoms with E-state index in [1.165, 1.54) is 49.5 Å². The quantitative estimate of drug-likeness (QED) is 0.604. The van der Waals surface area contributed by atoms with Gasteiger partial charge in [-0.25, -0.2) is 12.8 Å². The molecule has 0 unspecified atom stereocenters. The molecule has 0 radical (unpaired) electrons. The van der Waals surface area contributed by atoms with Crippen LogP contribution in [0.15, 0.2) is 71.6 Å². The first-order valence-corrected chi connectivity index (χ1v) is 10.9. The van der Waals surface area contributed by atoms with Crippen molar-refractivity contribution >= 4 is 33.2 Å². The number of amides is 1. The molecule has 3 aromatic carbocycles. The monoisotopic (exact) mass is 446 g/mol. The summed E-state index contributed by atoms with van der Waals surface area (Å²) >= 11 is 6.15. The molecule has 8 heteroatoms. The Morgan fingerprint density at radius 1 is 1.07 bits per heavy atom. The van der Waals surface area contributed by atoms with Crippen molar-refractivity contribution in [2.45, 2.75) is 18.4 Å². The maximum atomic E-state index is 13.1. The Labute approximate surface area is 180 Å². The Hall–Kier alpha value is -2.90. The molecule has 156 valence electrons. The first-order valence-electron chi connectivity index (χ1n) is 9.06. The minimum atomic E-state index is -3.98. The molecule has 0 aliphatic rings. The summed E-state index contributed by atoms with van der Waals surface area (Å²) in [6.07, 6.45) is 0. The molecular weight excluding hydrogens is 427 g/mol. The maximum absolute atomic E-state index is 13.1. The number of nitrogens with one attached hydrogen (secondary N) is 1. The van der Waals surface area contributed by atoms with E-state index >= 15 is 0 Å². The third kappa shape index (κ3) is 4.80. The third-order valence-electron chi connectivity index (χ3n) is 4.57. The van der Waals surface area contributed by atoms with Crippen molar-refractivity contribution in [2.24, 2.45) is 0 Å². The smallest absolute Gasteiger partial charge is 0.264 e. The van der Waals surface area contributed by atoms with Crippen LogP contribution in [0, 0.1) is 12.7 Å². The van der Waals surface area contributed by atoms with Crippen LogP contribution in [0.3, 0.4) is 0 Å². The second kappa shape index (κ2) is 8.85. The van der Waals surface area contributed by atoms with Gasteiger partial charge in [0.25, 0.3) is 15.9 Å². The van der Waals surface area contributed by atoms with Crippen molar-refractivity contribution in [3.05, 3.63) is 94.3 Å². The molecule has 0 heterocycles. The zero-order chi connectivity index (χ0) is 21.9. The molecule has 1 N–H and O–H groups in total. The summed E-state index contributed by atoms with van der Waals surface area (Å²) in [5.41, 5.74) is 2.32. The van der Waals surface area contributed by atoms with E-state index in [1.807, 2.05) is 31.2 Å². The number of halogens is 2. The fraction of sp³-hybridized carbons (Fsp3) is 0.136. The average molecular weight is 447 g/mol. The molecule has 0 fully saturated rings. The molecule has 3 aromatic rings. The number of aryl methyl sites for hydroxylation is 1. The van der Waals surface area contributed by atoms with Crippen molar-refractivity contribution in [1.82, 2.24) is 5.32 Å². The van der Waals surface area contributed by atoms with Gasteiger partial charge in [0.05, 0.1) is 21.2 Å². The molecule has 5 nitrogen and oxygen atoms in total. The van der Waals surface area contributed by atoms with Gasteiger partial charge < -0.3 is 5.32 Å². The number of hydrogen-bond donors (Lipinski definition) is 1. The standard InChI is InChI=1S/C22H20ClFN2O3S/c1-15-4-3-5-16(12-15)14-25-22(27)20-13-19(10-11-21(20)23)30(28,29)26(2)18-8-6-17(24)7-9-18/h3-13H,14H2,1-2H3,(H,25,27). The zero-order valence-corrected chi connectivity index (χ0v) is 18.0. The highest BCUT2D eigenvalue weighted by molar-refractivity contribution is 7.92. The van der Waals surface area contributed by atoms with Crippen LogP contribution in [-0.2, 0) is 16.6 Å². The van der Waals surface area contributed by atoms with Crippen molar-refractivity contribution in [1.29, 1.82) is 0 Å². The van der Waals surface area contributed by atoms with Gasteiger partial charge in [-0.3, -0.25) is 9.10 Å². The summed E-state index contributed by atoms with van der Waals surface area (Å²) in [6, 6.07) is 16.7. The van der Waals surface area contributed by atoms with Crippen LogP contribution in [0.5, 0.6) is 0 Å². The summed E-state index contributed by atoms with van der Waals surface area (Å²) in [6.45, 7) is 2.23. The summed E-state index contributed by atoms with van der Waals surface area (Å²) in [5, 5.41) is 2.89. The largest absolute Gasteiger partial charge is 0.348 e. The van der Waals surface area contributed by atoms with Crippen LogP contribution in [0.1, 0.15) is 21.5 Å². The van der Waals surface area contributed by atoms with Crippen molar-refractivity contribution in [3.8, 4) is 0 Å². The molecule has 0 spiro atoms. The summed E-state index contributed by atoms with van der Waals surface area (Å²) in [4.78, 5) is 12.5. The van der Waals surface area contributed by atoms with E-state index in [2.05, 4.69) is 5.32 Å². The molecule has 30 heavy (non-hydrogen) atoms. The predicted molar refractivity (Wildman–Crippen MR) is 116 cm³/mol. The zero-order valence-electron chi connectivity index (χ0n) is 16.4. The molecule has 0 bridgehead atoms. The lowest BCUT2D eigenvalue weighted by molar-refractivity contribution is 0.0951. The van der Waals surface area contributed by atoms with Crippen LogP contribution in [0.25, 0.3) is 0 Å². The first kappa shape index (κ1) is 21.8. The fourth-order valence-corrected chi connectivity index (χ4v) is 4.31. The number of rotatable bonds is 6. The van der Waals surface area contributed by atoms with Gasteiger partial charge in [0.15, 0.2) is 0 Å². The number of hydrogen-bond acceptors (Lipinski definition) is 3. The molecular formula is C22H20ClFN2O3S. The summed E-state index contributed by atoms with van der Waals surface area (Å²) < 4.78 is 40.1. The normalized spacial score (nSPS) is 11.2. The predicted octanol–water partition coefficient (Wildman–Crippen LogP) is 4.54. The number of sulfonamides is 1. The van der Waals surface area contributed by atoms with Crippen LogP contribution in [-0.4, -0.2) is 21.4 Å². The van der Waals surface area contributed by atoms with Gasteiger partial charge in [0, 0.05) is 13.6 Å². The molecule has 0 aromatic heterocycles. The van der Waals surface area contributed by atoms with Crippen molar-refractivity contribution in [3.63, 3.8) is 0 Å². The molecule has 1 amide bonds. The number of nitrogens with zero attached hydrogens (tertiary/aromatic N) is 1. The van der Waals surface area contributed by atoms with Crippen LogP contribution >= 0.6 is 11.6 Å². The average Bonchev–Trinajstić information content (AvgIpc) is 2.72. The van der Waals surface area contributed by atoms with E-state index in [-0.39, 0.29) is 27.7 Å². The van der Waals surface area contributed by atoms with E-state index in [0.717, 1.165) is 15.4 Å². The highest BCUT2D eigenvalue weighted by Gasteiger charge is 2.24. The molecule has 0 saturated carbocycles. The first-order chi connectivity index (χ1) is 14.2. The lowest BCUT2D eigenvalue weighted by Gasteiger charge is -2.20. The van der Waals surface area contributed by atoms with Gasteiger partial charge in [-0.1, -0.05) is 41.4 Å². The van der Waals surface area contributed by atoms with Gasteiger partial charge in [0.1, 0.15) is 5.82 Å². The molecule has 0 aliphatic heterocycles. The number of carbonyl (C=O) groups is 1. The minimum Gasteiger partial charge on any atom is -0.348 e. The van der Waals surface area contributed by atoms with Crippen LogP contribution < -0.4 is 9.62 Å². The Bertz CT molecular complexity index is 1180. The maximum Gasteiger partial charge on any atom is 0.264 e. The Kier molecular flexibility index (Phi) is 6.43. The lowest BCUT2D eigenvalue weighted by atomic mass is 10.1. The second-order valence-electron chi connectivity index (χ2n) is 6.76. The highest BCUT2D eigenvalue weighted by Crippen LogP contribution is 2.26. The molecule has 3 rings (SSSR count). The van der Waals surface area contributed by atoms with E-state index in [9.17, 15) is 17.6 Å². The van der Waals surface area contributed by atoms with E-state index in [4.69, 9.17) is 11.6 Å². The van der Waals surface area contributed by atoms with Crippen LogP contribution in [0.4, 0.5) is 10.1 Å². The van der Waals surface area contributed by atoms with Gasteiger partial charge in [-0.2, -0.15) is 0 Å². The van der Waals surface area contributed by atoms with E-state index in [1.54, 1.807) is 0 Å². The Morgan fingerprint density at radius 2 is 1.77 bits per heavy atom. The van der Waals surface area contributed by atoms with E-state index < -0.39 is 21.7 Å². The van der Waals surface area contributed by atoms with Gasteiger partial charge in [0.2, 0.25) is 0 Å². The fourth-order valence-electron chi connectivity index (χ4n) is 2.89. The molecule has 0 atom stereocenters. The second-order valence-corrected chi connectivity index (χ2v) is 9.14. The van der Waals surface area contributed by atoms with Gasteiger partial charge in [-0.15, -0.1) is 0 Å². The Morgan fingerprint density at radius 3 is 2.43 bits per heavy atom. The number of carbonyl (C=O) groups excluding carboxylic acids is 1. The SMILES string of the molecule is Cc1cccc(CNC(=O)c2cc(S(=O)(=O)N(C)c3ccc(F)cc3)ccc2Cl)c1. The summed E-state index contributed by atoms with van der Waals surface area (Å²) in [5.74, 6) is -0.952. The van der Waals surface area contributed by atoms with Crippen molar-refractivity contribution < 1.29 is 17.6 Å². The lowest BCUT2D eigenvalue weighted by Crippen LogP contribution is -2.27. The third-order valence-corrected chi connectivity index (χ3v) is 6.68. The van der Waals surface area contributed by atoms with Crippen molar-refractivity contribution in [2.75, 3.05) is 11.4 Å². The highest BCUT2D eigenvalue weighted by atomic mass is 35.5. The molecule has 0 aliphatic carbocycles. The van der Waals surface area contributed by atoms with Crippen LogP contribution in [0.2, 0.25) is 5.02 Å². The number of anilines is 1. The summed E-state index contributed by atoms with van der Waals surface area (Å²) in [7, 11) is -2.62. The van der Waals surface area contributed by atoms with Gasteiger partial charge in [-0.05, 0) is 55.0 Å². The Balaban J connectivity index is 1.84. The molecule has 0 saturated heterocycles. The van der Waals surface area contributed by atoms with Gasteiger partial charge >= 0.3 is 0 Å². The minimum absolute atomic E-state index is 0.0536. The van der Waals surface area contributed by atoms with E-state index in [0.29, 0.717) is 0 Å².